The molecule has 6 nitrogen and oxygen atoms in total. The third-order valence-electron chi connectivity index (χ3n) is 3.14. The van der Waals surface area contributed by atoms with Crippen LogP contribution in [0.5, 0.6) is 0 Å². The van der Waals surface area contributed by atoms with Crippen molar-refractivity contribution >= 4 is 23.0 Å². The molecule has 0 heterocycles. The SMILES string of the molecule is N#C/C(=N\Nc1ccc(F)cc1C(=O)Cc1ccccc1)C(=N)N. The number of carbonyl (C=O) groups is 1. The topological polar surface area (TPSA) is 115 Å². The van der Waals surface area contributed by atoms with Gasteiger partial charge in [-0.15, -0.1) is 0 Å². The van der Waals surface area contributed by atoms with Gasteiger partial charge in [0.1, 0.15) is 11.9 Å². The number of carbonyl (C=O) groups excluding carboxylic acids is 1. The molecular formula is C17H14FN5O. The molecule has 0 aliphatic rings. The molecule has 0 aliphatic carbocycles. The molecule has 2 aromatic carbocycles. The molecule has 0 aliphatic heterocycles. The number of nitriles is 1. The van der Waals surface area contributed by atoms with Gasteiger partial charge in [-0.05, 0) is 23.8 Å². The van der Waals surface area contributed by atoms with Crippen LogP contribution in [0.4, 0.5) is 10.1 Å². The minimum absolute atomic E-state index is 0.0977. The van der Waals surface area contributed by atoms with E-state index < -0.39 is 11.7 Å². The van der Waals surface area contributed by atoms with E-state index in [-0.39, 0.29) is 29.2 Å². The highest BCUT2D eigenvalue weighted by Crippen LogP contribution is 2.19. The molecule has 4 N–H and O–H groups in total. The zero-order valence-electron chi connectivity index (χ0n) is 12.6. The average molecular weight is 323 g/mol. The molecule has 0 unspecified atom stereocenters. The first-order chi connectivity index (χ1) is 11.5. The lowest BCUT2D eigenvalue weighted by Crippen LogP contribution is -2.22. The summed E-state index contributed by atoms with van der Waals surface area (Å²) in [5.41, 5.74) is 8.49. The normalized spacial score (nSPS) is 10.8. The Hall–Kier alpha value is -3.53. The Morgan fingerprint density at radius 2 is 2.00 bits per heavy atom. The maximum atomic E-state index is 13.5. The number of nitrogens with two attached hydrogens (primary N) is 1. The summed E-state index contributed by atoms with van der Waals surface area (Å²) in [5.74, 6) is -1.38. The van der Waals surface area contributed by atoms with E-state index >= 15 is 0 Å². The lowest BCUT2D eigenvalue weighted by atomic mass is 10.0. The molecule has 0 aromatic heterocycles. The van der Waals surface area contributed by atoms with Gasteiger partial charge in [0.25, 0.3) is 0 Å². The predicted octanol–water partition coefficient (Wildman–Crippen LogP) is 2.48. The molecule has 0 saturated heterocycles. The molecule has 24 heavy (non-hydrogen) atoms. The van der Waals surface area contributed by atoms with E-state index in [4.69, 9.17) is 16.4 Å². The van der Waals surface area contributed by atoms with Gasteiger partial charge in [-0.3, -0.25) is 15.6 Å². The van der Waals surface area contributed by atoms with Crippen LogP contribution < -0.4 is 11.2 Å². The second-order valence-corrected chi connectivity index (χ2v) is 4.87. The summed E-state index contributed by atoms with van der Waals surface area (Å²) in [6.45, 7) is 0. The van der Waals surface area contributed by atoms with E-state index in [0.29, 0.717) is 0 Å². The van der Waals surface area contributed by atoms with Crippen molar-refractivity contribution in [1.82, 2.24) is 0 Å². The predicted molar refractivity (Wildman–Crippen MR) is 89.5 cm³/mol. The zero-order valence-corrected chi connectivity index (χ0v) is 12.6. The minimum Gasteiger partial charge on any atom is -0.382 e. The number of ketones is 1. The van der Waals surface area contributed by atoms with E-state index in [0.717, 1.165) is 17.7 Å². The highest BCUT2D eigenvalue weighted by Gasteiger charge is 2.14. The summed E-state index contributed by atoms with van der Waals surface area (Å²) in [7, 11) is 0. The van der Waals surface area contributed by atoms with Crippen molar-refractivity contribution < 1.29 is 9.18 Å². The number of anilines is 1. The third kappa shape index (κ3) is 4.24. The molecule has 0 fully saturated rings. The molecular weight excluding hydrogens is 309 g/mol. The first-order valence-electron chi connectivity index (χ1n) is 6.96. The van der Waals surface area contributed by atoms with Crippen LogP contribution in [-0.2, 0) is 6.42 Å². The van der Waals surface area contributed by atoms with E-state index in [1.54, 1.807) is 18.2 Å². The second kappa shape index (κ2) is 7.65. The molecule has 0 atom stereocenters. The van der Waals surface area contributed by atoms with E-state index in [1.807, 2.05) is 18.2 Å². The quantitative estimate of drug-likeness (QED) is 0.328. The third-order valence-corrected chi connectivity index (χ3v) is 3.14. The van der Waals surface area contributed by atoms with Gasteiger partial charge >= 0.3 is 0 Å². The van der Waals surface area contributed by atoms with Crippen LogP contribution in [-0.4, -0.2) is 17.3 Å². The summed E-state index contributed by atoms with van der Waals surface area (Å²) < 4.78 is 13.5. The summed E-state index contributed by atoms with van der Waals surface area (Å²) >= 11 is 0. The van der Waals surface area contributed by atoms with Crippen molar-refractivity contribution in [2.24, 2.45) is 10.8 Å². The number of hydrogen-bond acceptors (Lipinski definition) is 5. The highest BCUT2D eigenvalue weighted by atomic mass is 19.1. The second-order valence-electron chi connectivity index (χ2n) is 4.87. The lowest BCUT2D eigenvalue weighted by Gasteiger charge is -2.09. The van der Waals surface area contributed by atoms with Gasteiger partial charge in [0.15, 0.2) is 11.6 Å². The van der Waals surface area contributed by atoms with E-state index in [1.165, 1.54) is 6.07 Å². The van der Waals surface area contributed by atoms with Gasteiger partial charge in [-0.1, -0.05) is 30.3 Å². The van der Waals surface area contributed by atoms with Crippen molar-refractivity contribution in [3.05, 3.63) is 65.5 Å². The number of hydrazone groups is 1. The van der Waals surface area contributed by atoms with Crippen LogP contribution in [0.3, 0.4) is 0 Å². The fraction of sp³-hybridized carbons (Fsp3) is 0.0588. The first-order valence-corrected chi connectivity index (χ1v) is 6.96. The van der Waals surface area contributed by atoms with Crippen LogP contribution in [0.2, 0.25) is 0 Å². The van der Waals surface area contributed by atoms with Crippen LogP contribution >= 0.6 is 0 Å². The Morgan fingerprint density at radius 3 is 2.62 bits per heavy atom. The van der Waals surface area contributed by atoms with Gasteiger partial charge in [0.2, 0.25) is 5.71 Å². The van der Waals surface area contributed by atoms with E-state index in [2.05, 4.69) is 10.5 Å². The number of rotatable bonds is 6. The summed E-state index contributed by atoms with van der Waals surface area (Å²) in [4.78, 5) is 12.4. The average Bonchev–Trinajstić information content (AvgIpc) is 2.57. The molecule has 7 heteroatoms. The summed E-state index contributed by atoms with van der Waals surface area (Å²) in [5, 5.41) is 19.7. The number of benzene rings is 2. The minimum atomic E-state index is -0.562. The molecule has 2 rings (SSSR count). The Kier molecular flexibility index (Phi) is 5.36. The van der Waals surface area contributed by atoms with Crippen LogP contribution in [0.15, 0.2) is 53.6 Å². The van der Waals surface area contributed by atoms with Crippen molar-refractivity contribution in [3.8, 4) is 6.07 Å². The summed E-state index contributed by atoms with van der Waals surface area (Å²) in [6.07, 6.45) is 0.0977. The zero-order chi connectivity index (χ0) is 17.5. The standard InChI is InChI=1S/C17H14FN5O/c18-12-6-7-14(22-23-15(10-19)17(20)21)13(9-12)16(24)8-11-4-2-1-3-5-11/h1-7,9,22H,8H2,(H3,20,21)/b23-15+. The van der Waals surface area contributed by atoms with Crippen molar-refractivity contribution in [3.63, 3.8) is 0 Å². The number of amidine groups is 1. The highest BCUT2D eigenvalue weighted by molar-refractivity contribution is 6.45. The maximum Gasteiger partial charge on any atom is 0.201 e. The lowest BCUT2D eigenvalue weighted by molar-refractivity contribution is 0.0993. The van der Waals surface area contributed by atoms with Gasteiger partial charge in [-0.25, -0.2) is 4.39 Å². The fourth-order valence-electron chi connectivity index (χ4n) is 1.98. The smallest absolute Gasteiger partial charge is 0.201 e. The number of Topliss-reactive ketones (excluding diaryl/α,β-unsaturated/α-hetero) is 1. The first kappa shape index (κ1) is 16.8. The molecule has 0 radical (unpaired) electrons. The Labute approximate surface area is 137 Å². The number of hydrogen-bond donors (Lipinski definition) is 3. The Balaban J connectivity index is 2.29. The number of nitrogens with zero attached hydrogens (tertiary/aromatic N) is 2. The molecule has 120 valence electrons. The monoisotopic (exact) mass is 323 g/mol. The van der Waals surface area contributed by atoms with E-state index in [9.17, 15) is 9.18 Å². The van der Waals surface area contributed by atoms with Crippen LogP contribution in [0.1, 0.15) is 15.9 Å². The molecule has 2 aromatic rings. The van der Waals surface area contributed by atoms with Crippen molar-refractivity contribution in [2.45, 2.75) is 6.42 Å². The largest absolute Gasteiger partial charge is 0.382 e. The Morgan fingerprint density at radius 1 is 1.29 bits per heavy atom. The number of nitrogens with one attached hydrogen (secondary N) is 2. The molecule has 0 saturated carbocycles. The molecule has 0 spiro atoms. The molecule has 0 bridgehead atoms. The fourth-order valence-corrected chi connectivity index (χ4v) is 1.98. The van der Waals surface area contributed by atoms with Crippen molar-refractivity contribution in [1.29, 1.82) is 10.7 Å². The molecule has 0 amide bonds. The number of halogens is 1. The van der Waals surface area contributed by atoms with Crippen LogP contribution in [0, 0.1) is 22.6 Å². The summed E-state index contributed by atoms with van der Waals surface area (Å²) in [6, 6.07) is 14.3. The van der Waals surface area contributed by atoms with Gasteiger partial charge < -0.3 is 5.73 Å². The van der Waals surface area contributed by atoms with Gasteiger partial charge in [0.05, 0.1) is 5.69 Å². The van der Waals surface area contributed by atoms with Crippen molar-refractivity contribution in [2.75, 3.05) is 5.43 Å². The van der Waals surface area contributed by atoms with Gasteiger partial charge in [0, 0.05) is 12.0 Å². The van der Waals surface area contributed by atoms with Crippen LogP contribution in [0.25, 0.3) is 0 Å². The Bertz CT molecular complexity index is 840. The van der Waals surface area contributed by atoms with Gasteiger partial charge in [-0.2, -0.15) is 10.4 Å². The maximum absolute atomic E-state index is 13.5.